The number of para-hydroxylation sites is 1. The molecule has 0 bridgehead atoms. The van der Waals surface area contributed by atoms with Crippen LogP contribution < -0.4 is 0 Å². The maximum atomic E-state index is 10.1. The first-order valence-corrected chi connectivity index (χ1v) is 4.84. The summed E-state index contributed by atoms with van der Waals surface area (Å²) in [4.78, 5) is 4.33. The Balaban J connectivity index is 2.34. The normalized spacial score (nSPS) is 18.7. The highest BCUT2D eigenvalue weighted by atomic mass is 16.3. The third-order valence-corrected chi connectivity index (χ3v) is 2.98. The quantitative estimate of drug-likeness (QED) is 0.737. The van der Waals surface area contributed by atoms with E-state index in [2.05, 4.69) is 4.98 Å². The maximum absolute atomic E-state index is 10.1. The van der Waals surface area contributed by atoms with Crippen molar-refractivity contribution in [3.8, 4) is 0 Å². The van der Waals surface area contributed by atoms with Crippen LogP contribution in [0.1, 0.15) is 18.4 Å². The van der Waals surface area contributed by atoms with Gasteiger partial charge in [0, 0.05) is 12.6 Å². The minimum absolute atomic E-state index is 0.589. The Labute approximate surface area is 82.0 Å². The first-order valence-electron chi connectivity index (χ1n) is 4.84. The molecule has 0 saturated heterocycles. The molecule has 1 fully saturated rings. The zero-order valence-corrected chi connectivity index (χ0v) is 8.07. The molecule has 14 heavy (non-hydrogen) atoms. The fourth-order valence-electron chi connectivity index (χ4n) is 1.92. The van der Waals surface area contributed by atoms with Crippen LogP contribution in [0, 0.1) is 0 Å². The summed E-state index contributed by atoms with van der Waals surface area (Å²) in [6.45, 7) is 0. The van der Waals surface area contributed by atoms with E-state index in [0.29, 0.717) is 0 Å². The number of aryl methyl sites for hydroxylation is 1. The van der Waals surface area contributed by atoms with Crippen molar-refractivity contribution in [2.75, 3.05) is 0 Å². The van der Waals surface area contributed by atoms with Crippen LogP contribution in [0.5, 0.6) is 0 Å². The number of rotatable bonds is 1. The van der Waals surface area contributed by atoms with E-state index in [0.717, 1.165) is 29.4 Å². The summed E-state index contributed by atoms with van der Waals surface area (Å²) in [6.07, 6.45) is 3.52. The van der Waals surface area contributed by atoms with E-state index in [-0.39, 0.29) is 0 Å². The van der Waals surface area contributed by atoms with Gasteiger partial charge in [-0.2, -0.15) is 0 Å². The molecule has 0 aliphatic heterocycles. The molecule has 1 aromatic carbocycles. The minimum Gasteiger partial charge on any atom is -0.385 e. The lowest BCUT2D eigenvalue weighted by Crippen LogP contribution is -2.04. The largest absolute Gasteiger partial charge is 0.385 e. The summed E-state index contributed by atoms with van der Waals surface area (Å²) in [5.41, 5.74) is 2.42. The van der Waals surface area contributed by atoms with Crippen LogP contribution in [0.15, 0.2) is 24.5 Å². The van der Waals surface area contributed by atoms with E-state index >= 15 is 0 Å². The molecule has 1 N–H and O–H groups in total. The van der Waals surface area contributed by atoms with Crippen LogP contribution in [0.25, 0.3) is 11.0 Å². The van der Waals surface area contributed by atoms with Crippen LogP contribution in [0.4, 0.5) is 0 Å². The van der Waals surface area contributed by atoms with Crippen molar-refractivity contribution in [3.05, 3.63) is 30.1 Å². The highest BCUT2D eigenvalue weighted by Crippen LogP contribution is 2.47. The van der Waals surface area contributed by atoms with Crippen LogP contribution in [-0.2, 0) is 12.6 Å². The lowest BCUT2D eigenvalue weighted by atomic mass is 10.1. The highest BCUT2D eigenvalue weighted by Gasteiger charge is 2.43. The second-order valence-corrected chi connectivity index (χ2v) is 4.06. The predicted octanol–water partition coefficient (Wildman–Crippen LogP) is 1.55. The molecule has 1 aromatic heterocycles. The van der Waals surface area contributed by atoms with Crippen molar-refractivity contribution in [1.82, 2.24) is 9.55 Å². The van der Waals surface area contributed by atoms with Gasteiger partial charge in [0.2, 0.25) is 0 Å². The fraction of sp³-hybridized carbons (Fsp3) is 0.364. The second kappa shape index (κ2) is 2.36. The number of aromatic nitrogens is 2. The van der Waals surface area contributed by atoms with Gasteiger partial charge < -0.3 is 9.67 Å². The average Bonchev–Trinajstić information content (AvgIpc) is 2.83. The summed E-state index contributed by atoms with van der Waals surface area (Å²) in [5.74, 6) is 0. The van der Waals surface area contributed by atoms with E-state index in [1.807, 2.05) is 29.8 Å². The second-order valence-electron chi connectivity index (χ2n) is 4.06. The lowest BCUT2D eigenvalue weighted by molar-refractivity contribution is 0.153. The summed E-state index contributed by atoms with van der Waals surface area (Å²) in [6, 6.07) is 5.98. The molecule has 3 nitrogen and oxygen atoms in total. The van der Waals surface area contributed by atoms with E-state index in [9.17, 15) is 5.11 Å². The van der Waals surface area contributed by atoms with Gasteiger partial charge in [-0.15, -0.1) is 0 Å². The van der Waals surface area contributed by atoms with Gasteiger partial charge in [-0.05, 0) is 18.9 Å². The molecule has 2 aromatic rings. The number of hydrogen-bond donors (Lipinski definition) is 1. The summed E-state index contributed by atoms with van der Waals surface area (Å²) in [7, 11) is 1.97. The summed E-state index contributed by atoms with van der Waals surface area (Å²) in [5, 5.41) is 10.1. The monoisotopic (exact) mass is 188 g/mol. The molecule has 0 spiro atoms. The molecule has 3 heteroatoms. The van der Waals surface area contributed by atoms with Gasteiger partial charge in [-0.1, -0.05) is 12.1 Å². The van der Waals surface area contributed by atoms with Crippen LogP contribution in [0.2, 0.25) is 0 Å². The molecular formula is C11H12N2O. The third kappa shape index (κ3) is 0.930. The van der Waals surface area contributed by atoms with E-state index in [4.69, 9.17) is 0 Å². The molecule has 0 atom stereocenters. The zero-order valence-electron chi connectivity index (χ0n) is 8.07. The molecule has 0 unspecified atom stereocenters. The summed E-state index contributed by atoms with van der Waals surface area (Å²) >= 11 is 0. The van der Waals surface area contributed by atoms with Gasteiger partial charge in [0.1, 0.15) is 0 Å². The third-order valence-electron chi connectivity index (χ3n) is 2.98. The van der Waals surface area contributed by atoms with Gasteiger partial charge in [-0.25, -0.2) is 4.98 Å². The Bertz CT molecular complexity index is 497. The maximum Gasteiger partial charge on any atom is 0.0955 e. The average molecular weight is 188 g/mol. The zero-order chi connectivity index (χ0) is 9.76. The highest BCUT2D eigenvalue weighted by molar-refractivity contribution is 5.80. The van der Waals surface area contributed by atoms with Gasteiger partial charge >= 0.3 is 0 Å². The summed E-state index contributed by atoms with van der Waals surface area (Å²) < 4.78 is 1.98. The Hall–Kier alpha value is -1.35. The molecule has 1 aliphatic rings. The van der Waals surface area contributed by atoms with E-state index in [1.54, 1.807) is 6.33 Å². The molecule has 1 saturated carbocycles. The fourth-order valence-corrected chi connectivity index (χ4v) is 1.92. The SMILES string of the molecule is Cn1cnc2c(C3(O)CC3)cccc21. The molecule has 1 heterocycles. The van der Waals surface area contributed by atoms with Crippen LogP contribution >= 0.6 is 0 Å². The van der Waals surface area contributed by atoms with Gasteiger partial charge in [0.15, 0.2) is 0 Å². The van der Waals surface area contributed by atoms with Crippen LogP contribution in [0.3, 0.4) is 0 Å². The van der Waals surface area contributed by atoms with Crippen molar-refractivity contribution in [2.24, 2.45) is 7.05 Å². The Morgan fingerprint density at radius 2 is 2.21 bits per heavy atom. The van der Waals surface area contributed by atoms with Gasteiger partial charge in [-0.3, -0.25) is 0 Å². The molecular weight excluding hydrogens is 176 g/mol. The van der Waals surface area contributed by atoms with E-state index in [1.165, 1.54) is 0 Å². The molecule has 3 rings (SSSR count). The number of hydrogen-bond acceptors (Lipinski definition) is 2. The predicted molar refractivity (Wildman–Crippen MR) is 53.8 cm³/mol. The van der Waals surface area contributed by atoms with Crippen molar-refractivity contribution < 1.29 is 5.11 Å². The molecule has 0 radical (unpaired) electrons. The molecule has 1 aliphatic carbocycles. The topological polar surface area (TPSA) is 38.0 Å². The van der Waals surface area contributed by atoms with Crippen molar-refractivity contribution in [2.45, 2.75) is 18.4 Å². The minimum atomic E-state index is -0.589. The number of aliphatic hydroxyl groups is 1. The Morgan fingerprint density at radius 3 is 2.93 bits per heavy atom. The number of imidazole rings is 1. The van der Waals surface area contributed by atoms with Crippen molar-refractivity contribution >= 4 is 11.0 Å². The van der Waals surface area contributed by atoms with Crippen molar-refractivity contribution in [1.29, 1.82) is 0 Å². The first kappa shape index (κ1) is 8.00. The number of fused-ring (bicyclic) bond motifs is 1. The van der Waals surface area contributed by atoms with E-state index < -0.39 is 5.60 Å². The lowest BCUT2D eigenvalue weighted by Gasteiger charge is -2.08. The molecule has 72 valence electrons. The van der Waals surface area contributed by atoms with Gasteiger partial charge in [0.05, 0.1) is 23.0 Å². The Morgan fingerprint density at radius 1 is 1.43 bits per heavy atom. The van der Waals surface area contributed by atoms with Crippen LogP contribution in [-0.4, -0.2) is 14.7 Å². The molecule has 0 amide bonds. The number of benzene rings is 1. The first-order chi connectivity index (χ1) is 6.71. The number of nitrogens with zero attached hydrogens (tertiary/aromatic N) is 2. The van der Waals surface area contributed by atoms with Crippen molar-refractivity contribution in [3.63, 3.8) is 0 Å². The smallest absolute Gasteiger partial charge is 0.0955 e. The van der Waals surface area contributed by atoms with Gasteiger partial charge in [0.25, 0.3) is 0 Å². The Kier molecular flexibility index (Phi) is 1.35. The standard InChI is InChI=1S/C11H12N2O/c1-13-7-12-10-8(11(14)5-6-11)3-2-4-9(10)13/h2-4,7,14H,5-6H2,1H3.